The molecule has 1 aromatic rings. The molecule has 4 heteroatoms. The van der Waals surface area contributed by atoms with Crippen molar-refractivity contribution < 1.29 is 9.53 Å². The third-order valence-electron chi connectivity index (χ3n) is 3.40. The average molecular weight is 253 g/mol. The Labute approximate surface area is 105 Å². The Hall–Kier alpha value is -0.713. The van der Waals surface area contributed by atoms with Crippen LogP contribution in [0.1, 0.15) is 33.4 Å². The fourth-order valence-corrected chi connectivity index (χ4v) is 2.74. The summed E-state index contributed by atoms with van der Waals surface area (Å²) < 4.78 is 6.01. The highest BCUT2D eigenvalue weighted by Crippen LogP contribution is 2.40. The lowest BCUT2D eigenvalue weighted by atomic mass is 10.2. The first kappa shape index (κ1) is 14.3. The summed E-state index contributed by atoms with van der Waals surface area (Å²) in [5.74, 6) is -1.32. The van der Waals surface area contributed by atoms with Crippen molar-refractivity contribution in [3.63, 3.8) is 0 Å². The van der Waals surface area contributed by atoms with Gasteiger partial charge >= 0.3 is 0 Å². The topological polar surface area (TPSA) is 42.4 Å². The molecule has 0 spiro atoms. The summed E-state index contributed by atoms with van der Waals surface area (Å²) >= 11 is 0. The molecule has 1 unspecified atom stereocenters. The number of pyridine rings is 1. The fraction of sp³-hybridized carbons (Fsp3) is 0.615. The van der Waals surface area contributed by atoms with Gasteiger partial charge in [-0.15, -0.1) is 0 Å². The predicted octanol–water partition coefficient (Wildman–Crippen LogP) is 3.27. The summed E-state index contributed by atoms with van der Waals surface area (Å²) in [6.07, 6.45) is 1.67. The van der Waals surface area contributed by atoms with E-state index in [2.05, 4.69) is 38.8 Å². The molecular weight excluding hydrogens is 230 g/mol. The highest BCUT2D eigenvalue weighted by Gasteiger charge is 2.43. The van der Waals surface area contributed by atoms with E-state index in [0.29, 0.717) is 5.69 Å². The molecule has 0 fully saturated rings. The molecule has 1 atom stereocenters. The van der Waals surface area contributed by atoms with E-state index in [9.17, 15) is 5.11 Å². The lowest BCUT2D eigenvalue weighted by Gasteiger charge is -2.41. The van der Waals surface area contributed by atoms with Crippen molar-refractivity contribution >= 4 is 8.32 Å². The molecule has 0 amide bonds. The molecule has 17 heavy (non-hydrogen) atoms. The first-order chi connectivity index (χ1) is 7.56. The van der Waals surface area contributed by atoms with E-state index in [0.717, 1.165) is 0 Å². The smallest absolute Gasteiger partial charge is 0.197 e. The van der Waals surface area contributed by atoms with E-state index in [4.69, 9.17) is 4.43 Å². The Morgan fingerprint density at radius 3 is 2.18 bits per heavy atom. The molecule has 0 aliphatic heterocycles. The normalized spacial score (nSPS) is 16.6. The summed E-state index contributed by atoms with van der Waals surface area (Å²) in [6.45, 7) is 12.3. The van der Waals surface area contributed by atoms with Gasteiger partial charge in [0.15, 0.2) is 14.1 Å². The minimum absolute atomic E-state index is 0.0613. The van der Waals surface area contributed by atoms with Crippen molar-refractivity contribution in [2.75, 3.05) is 0 Å². The van der Waals surface area contributed by atoms with Gasteiger partial charge in [0.2, 0.25) is 0 Å². The maximum Gasteiger partial charge on any atom is 0.197 e. The van der Waals surface area contributed by atoms with E-state index in [-0.39, 0.29) is 5.04 Å². The van der Waals surface area contributed by atoms with Gasteiger partial charge < -0.3 is 9.53 Å². The van der Waals surface area contributed by atoms with Gasteiger partial charge in [0.1, 0.15) is 0 Å². The molecule has 1 rings (SSSR count). The summed E-state index contributed by atoms with van der Waals surface area (Å²) in [6, 6.07) is 5.46. The number of hydrogen-bond acceptors (Lipinski definition) is 3. The van der Waals surface area contributed by atoms with Crippen molar-refractivity contribution in [2.45, 2.75) is 51.6 Å². The maximum absolute atomic E-state index is 10.4. The minimum atomic E-state index is -2.01. The van der Waals surface area contributed by atoms with Gasteiger partial charge in [-0.3, -0.25) is 4.98 Å². The van der Waals surface area contributed by atoms with Crippen LogP contribution in [0.4, 0.5) is 0 Å². The molecule has 1 N–H and O–H groups in total. The van der Waals surface area contributed by atoms with Gasteiger partial charge in [-0.05, 0) is 37.2 Å². The molecule has 0 aromatic carbocycles. The van der Waals surface area contributed by atoms with E-state index in [1.807, 2.05) is 12.1 Å². The molecule has 0 saturated carbocycles. The van der Waals surface area contributed by atoms with Crippen molar-refractivity contribution in [1.29, 1.82) is 0 Å². The maximum atomic E-state index is 10.4. The number of nitrogens with zero attached hydrogens (tertiary/aromatic N) is 1. The molecule has 3 nitrogen and oxygen atoms in total. The predicted molar refractivity (Wildman–Crippen MR) is 72.1 cm³/mol. The van der Waals surface area contributed by atoms with Crippen LogP contribution >= 0.6 is 0 Å². The SMILES string of the molecule is CC(O)(O[Si](C)(C)C(C)(C)C)c1ccccn1. The van der Waals surface area contributed by atoms with Crippen LogP contribution in [0, 0.1) is 0 Å². The molecule has 0 radical (unpaired) electrons. The Bertz CT molecular complexity index is 369. The molecule has 0 saturated heterocycles. The van der Waals surface area contributed by atoms with Crippen molar-refractivity contribution in [3.05, 3.63) is 30.1 Å². The Balaban J connectivity index is 2.95. The summed E-state index contributed by atoms with van der Waals surface area (Å²) in [4.78, 5) is 4.16. The zero-order chi connectivity index (χ0) is 13.3. The van der Waals surface area contributed by atoms with Crippen LogP contribution in [-0.4, -0.2) is 18.4 Å². The Morgan fingerprint density at radius 1 is 1.18 bits per heavy atom. The van der Waals surface area contributed by atoms with E-state index >= 15 is 0 Å². The Kier molecular flexibility index (Phi) is 3.81. The number of aliphatic hydroxyl groups is 1. The molecule has 1 heterocycles. The third kappa shape index (κ3) is 3.37. The zero-order valence-corrected chi connectivity index (χ0v) is 12.6. The van der Waals surface area contributed by atoms with Crippen LogP contribution in [0.2, 0.25) is 18.1 Å². The highest BCUT2D eigenvalue weighted by molar-refractivity contribution is 6.74. The van der Waals surface area contributed by atoms with E-state index < -0.39 is 14.1 Å². The van der Waals surface area contributed by atoms with E-state index in [1.165, 1.54) is 0 Å². The standard InChI is InChI=1S/C13H23NO2Si/c1-12(2,3)17(5,6)16-13(4,15)11-9-7-8-10-14-11/h7-10,15H,1-6H3. The lowest BCUT2D eigenvalue weighted by molar-refractivity contribution is -0.142. The summed E-state index contributed by atoms with van der Waals surface area (Å²) in [5, 5.41) is 10.5. The summed E-state index contributed by atoms with van der Waals surface area (Å²) in [5.41, 5.74) is 0.560. The average Bonchev–Trinajstić information content (AvgIpc) is 2.15. The number of hydrogen-bond donors (Lipinski definition) is 1. The second-order valence-electron chi connectivity index (χ2n) is 6.06. The van der Waals surface area contributed by atoms with Crippen LogP contribution in [0.3, 0.4) is 0 Å². The molecule has 1 aromatic heterocycles. The van der Waals surface area contributed by atoms with Crippen LogP contribution in [-0.2, 0) is 10.2 Å². The fourth-order valence-electron chi connectivity index (χ4n) is 1.34. The zero-order valence-electron chi connectivity index (χ0n) is 11.6. The number of rotatable bonds is 3. The van der Waals surface area contributed by atoms with Crippen LogP contribution in [0.15, 0.2) is 24.4 Å². The quantitative estimate of drug-likeness (QED) is 0.664. The molecule has 96 valence electrons. The molecule has 0 aliphatic carbocycles. The largest absolute Gasteiger partial charge is 0.386 e. The molecule has 0 aliphatic rings. The van der Waals surface area contributed by atoms with E-state index in [1.54, 1.807) is 19.2 Å². The minimum Gasteiger partial charge on any atom is -0.386 e. The molecule has 0 bridgehead atoms. The monoisotopic (exact) mass is 253 g/mol. The van der Waals surface area contributed by atoms with Crippen molar-refractivity contribution in [2.24, 2.45) is 0 Å². The van der Waals surface area contributed by atoms with Crippen LogP contribution in [0.25, 0.3) is 0 Å². The second kappa shape index (κ2) is 4.52. The van der Waals surface area contributed by atoms with Crippen LogP contribution in [0.5, 0.6) is 0 Å². The van der Waals surface area contributed by atoms with Crippen molar-refractivity contribution in [1.82, 2.24) is 4.98 Å². The van der Waals surface area contributed by atoms with Gasteiger partial charge in [0.05, 0.1) is 5.69 Å². The lowest BCUT2D eigenvalue weighted by Crippen LogP contribution is -2.47. The van der Waals surface area contributed by atoms with Gasteiger partial charge in [-0.25, -0.2) is 0 Å². The first-order valence-electron chi connectivity index (χ1n) is 5.90. The van der Waals surface area contributed by atoms with Gasteiger partial charge in [0, 0.05) is 6.20 Å². The molecular formula is C13H23NO2Si. The van der Waals surface area contributed by atoms with Crippen molar-refractivity contribution in [3.8, 4) is 0 Å². The van der Waals surface area contributed by atoms with Crippen LogP contribution < -0.4 is 0 Å². The highest BCUT2D eigenvalue weighted by atomic mass is 28.4. The Morgan fingerprint density at radius 2 is 1.76 bits per heavy atom. The van der Waals surface area contributed by atoms with Gasteiger partial charge in [0.25, 0.3) is 0 Å². The van der Waals surface area contributed by atoms with Gasteiger partial charge in [-0.2, -0.15) is 0 Å². The second-order valence-corrected chi connectivity index (χ2v) is 10.8. The van der Waals surface area contributed by atoms with Gasteiger partial charge in [-0.1, -0.05) is 26.8 Å². The number of aromatic nitrogens is 1. The first-order valence-corrected chi connectivity index (χ1v) is 8.81. The summed E-state index contributed by atoms with van der Waals surface area (Å²) in [7, 11) is -2.01. The third-order valence-corrected chi connectivity index (χ3v) is 7.92.